The number of benzene rings is 2. The number of pyridine rings is 1. The number of nitrogens with one attached hydrogen (secondary N) is 1. The van der Waals surface area contributed by atoms with Gasteiger partial charge >= 0.3 is 0 Å². The van der Waals surface area contributed by atoms with Gasteiger partial charge in [-0.1, -0.05) is 47.6 Å². The minimum Gasteiger partial charge on any atom is -0.502 e. The summed E-state index contributed by atoms with van der Waals surface area (Å²) in [6, 6.07) is 14.3. The number of aryl methyl sites for hydroxylation is 2. The number of carbonyl (C=O) groups excluding carboxylic acids is 1. The largest absolute Gasteiger partial charge is 0.502 e. The van der Waals surface area contributed by atoms with Crippen molar-refractivity contribution in [2.75, 3.05) is 0 Å². The Morgan fingerprint density at radius 2 is 1.90 bits per heavy atom. The Bertz CT molecular complexity index is 1270. The van der Waals surface area contributed by atoms with Crippen LogP contribution in [0.3, 0.4) is 0 Å². The van der Waals surface area contributed by atoms with E-state index < -0.39 is 17.2 Å². The molecule has 0 radical (unpaired) electrons. The molecule has 29 heavy (non-hydrogen) atoms. The summed E-state index contributed by atoms with van der Waals surface area (Å²) in [6.45, 7) is 1.95. The van der Waals surface area contributed by atoms with E-state index in [1.807, 2.05) is 24.3 Å². The van der Waals surface area contributed by atoms with Gasteiger partial charge in [0.2, 0.25) is 11.7 Å². The van der Waals surface area contributed by atoms with Crippen LogP contribution in [0.1, 0.15) is 21.8 Å². The number of fused-ring (bicyclic) bond motifs is 1. The van der Waals surface area contributed by atoms with Gasteiger partial charge in [-0.2, -0.15) is 4.98 Å². The van der Waals surface area contributed by atoms with Gasteiger partial charge in [0.1, 0.15) is 0 Å². The van der Waals surface area contributed by atoms with Crippen molar-refractivity contribution >= 4 is 16.8 Å². The van der Waals surface area contributed by atoms with Crippen LogP contribution in [0.5, 0.6) is 5.75 Å². The van der Waals surface area contributed by atoms with Crippen LogP contribution in [0.15, 0.2) is 57.8 Å². The van der Waals surface area contributed by atoms with Gasteiger partial charge in [-0.15, -0.1) is 0 Å². The topological polar surface area (TPSA) is 110 Å². The lowest BCUT2D eigenvalue weighted by Crippen LogP contribution is -2.27. The molecule has 0 bridgehead atoms. The molecule has 4 rings (SSSR count). The molecule has 8 nitrogen and oxygen atoms in total. The highest BCUT2D eigenvalue weighted by Crippen LogP contribution is 2.23. The third kappa shape index (κ3) is 3.36. The quantitative estimate of drug-likeness (QED) is 0.554. The molecule has 146 valence electrons. The van der Waals surface area contributed by atoms with E-state index in [1.54, 1.807) is 38.2 Å². The average molecular weight is 390 g/mol. The lowest BCUT2D eigenvalue weighted by molar-refractivity contribution is 0.0949. The molecule has 8 heteroatoms. The SMILES string of the molecule is Cc1nc(-c2ccc(CNC(=O)c3c(O)c(=O)n(C)c4ccccc34)cc2)no1. The normalized spacial score (nSPS) is 11.0. The Morgan fingerprint density at radius 3 is 2.59 bits per heavy atom. The van der Waals surface area contributed by atoms with Crippen molar-refractivity contribution < 1.29 is 14.4 Å². The van der Waals surface area contributed by atoms with Gasteiger partial charge in [0.05, 0.1) is 11.1 Å². The molecule has 0 saturated heterocycles. The van der Waals surface area contributed by atoms with Crippen LogP contribution in [-0.4, -0.2) is 25.7 Å². The molecular formula is C21H18N4O4. The first-order valence-electron chi connectivity index (χ1n) is 8.94. The predicted molar refractivity (Wildman–Crippen MR) is 106 cm³/mol. The van der Waals surface area contributed by atoms with E-state index in [4.69, 9.17) is 4.52 Å². The van der Waals surface area contributed by atoms with Gasteiger partial charge in [0.15, 0.2) is 5.75 Å². The zero-order valence-corrected chi connectivity index (χ0v) is 15.8. The summed E-state index contributed by atoms with van der Waals surface area (Å²) in [5, 5.41) is 17.4. The minimum absolute atomic E-state index is 0.0254. The Kier molecular flexibility index (Phi) is 4.59. The maximum Gasteiger partial charge on any atom is 0.293 e. The molecule has 0 unspecified atom stereocenters. The molecule has 0 aliphatic rings. The molecule has 1 amide bonds. The number of amides is 1. The molecule has 2 aromatic heterocycles. The summed E-state index contributed by atoms with van der Waals surface area (Å²) in [5.74, 6) is -0.104. The molecule has 4 aromatic rings. The molecule has 2 N–H and O–H groups in total. The second kappa shape index (κ2) is 7.23. The van der Waals surface area contributed by atoms with Crippen LogP contribution in [0.25, 0.3) is 22.3 Å². The van der Waals surface area contributed by atoms with Crippen LogP contribution >= 0.6 is 0 Å². The first-order chi connectivity index (χ1) is 14.0. The lowest BCUT2D eigenvalue weighted by atomic mass is 10.1. The summed E-state index contributed by atoms with van der Waals surface area (Å²) in [4.78, 5) is 29.2. The Hall–Kier alpha value is -3.94. The number of nitrogens with zero attached hydrogens (tertiary/aromatic N) is 3. The van der Waals surface area contributed by atoms with Crippen molar-refractivity contribution in [1.82, 2.24) is 20.0 Å². The van der Waals surface area contributed by atoms with Gasteiger partial charge in [-0.05, 0) is 11.6 Å². The fraction of sp³-hybridized carbons (Fsp3) is 0.143. The number of rotatable bonds is 4. The standard InChI is InChI=1S/C21H18N4O4/c1-12-23-19(24-29-12)14-9-7-13(8-10-14)11-22-20(27)17-15-5-3-4-6-16(15)25(2)21(28)18(17)26/h3-10,26H,11H2,1-2H3,(H,22,27). The number of hydrogen-bond donors (Lipinski definition) is 2. The van der Waals surface area contributed by atoms with Gasteiger partial charge in [-0.25, -0.2) is 0 Å². The lowest BCUT2D eigenvalue weighted by Gasteiger charge is -2.12. The highest BCUT2D eigenvalue weighted by Gasteiger charge is 2.20. The highest BCUT2D eigenvalue weighted by molar-refractivity contribution is 6.08. The van der Waals surface area contributed by atoms with E-state index in [1.165, 1.54) is 4.57 Å². The molecular weight excluding hydrogens is 372 g/mol. The van der Waals surface area contributed by atoms with Crippen molar-refractivity contribution in [1.29, 1.82) is 0 Å². The molecule has 0 atom stereocenters. The highest BCUT2D eigenvalue weighted by atomic mass is 16.5. The molecule has 0 saturated carbocycles. The molecule has 2 aromatic carbocycles. The minimum atomic E-state index is -0.617. The van der Waals surface area contributed by atoms with Crippen molar-refractivity contribution in [3.05, 3.63) is 75.9 Å². The van der Waals surface area contributed by atoms with Gasteiger partial charge in [0, 0.05) is 31.5 Å². The maximum atomic E-state index is 12.8. The Labute approximate surface area is 165 Å². The van der Waals surface area contributed by atoms with Crippen molar-refractivity contribution in [3.8, 4) is 17.1 Å². The summed E-state index contributed by atoms with van der Waals surface area (Å²) >= 11 is 0. The zero-order valence-electron chi connectivity index (χ0n) is 15.8. The molecule has 0 spiro atoms. The van der Waals surface area contributed by atoms with Crippen LogP contribution in [0.4, 0.5) is 0 Å². The molecule has 0 aliphatic carbocycles. The first kappa shape index (κ1) is 18.4. The summed E-state index contributed by atoms with van der Waals surface area (Å²) in [5.41, 5.74) is 1.57. The first-order valence-corrected chi connectivity index (χ1v) is 8.94. The van der Waals surface area contributed by atoms with E-state index in [9.17, 15) is 14.7 Å². The average Bonchev–Trinajstić information content (AvgIpc) is 3.17. The third-order valence-corrected chi connectivity index (χ3v) is 4.70. The maximum absolute atomic E-state index is 12.8. The van der Waals surface area contributed by atoms with Gasteiger partial charge in [-0.3, -0.25) is 9.59 Å². The van der Waals surface area contributed by atoms with E-state index in [0.717, 1.165) is 11.1 Å². The second-order valence-electron chi connectivity index (χ2n) is 6.62. The van der Waals surface area contributed by atoms with Crippen molar-refractivity contribution in [2.45, 2.75) is 13.5 Å². The zero-order chi connectivity index (χ0) is 20.5. The number of aromatic nitrogens is 3. The predicted octanol–water partition coefficient (Wildman–Crippen LogP) is 2.53. The molecule has 0 aliphatic heterocycles. The number of hydrogen-bond acceptors (Lipinski definition) is 6. The monoisotopic (exact) mass is 390 g/mol. The summed E-state index contributed by atoms with van der Waals surface area (Å²) in [6.07, 6.45) is 0. The summed E-state index contributed by atoms with van der Waals surface area (Å²) < 4.78 is 6.29. The fourth-order valence-corrected chi connectivity index (χ4v) is 3.17. The van der Waals surface area contributed by atoms with Crippen LogP contribution in [0.2, 0.25) is 0 Å². The fourth-order valence-electron chi connectivity index (χ4n) is 3.17. The smallest absolute Gasteiger partial charge is 0.293 e. The van der Waals surface area contributed by atoms with Crippen molar-refractivity contribution in [3.63, 3.8) is 0 Å². The number of para-hydroxylation sites is 1. The van der Waals surface area contributed by atoms with Gasteiger partial charge < -0.3 is 19.5 Å². The van der Waals surface area contributed by atoms with Gasteiger partial charge in [0.25, 0.3) is 11.5 Å². The van der Waals surface area contributed by atoms with E-state index in [-0.39, 0.29) is 12.1 Å². The molecule has 0 fully saturated rings. The number of carbonyl (C=O) groups is 1. The third-order valence-electron chi connectivity index (χ3n) is 4.70. The van der Waals surface area contributed by atoms with Crippen molar-refractivity contribution in [2.24, 2.45) is 7.05 Å². The van der Waals surface area contributed by atoms with Crippen LogP contribution < -0.4 is 10.9 Å². The summed E-state index contributed by atoms with van der Waals surface area (Å²) in [7, 11) is 1.55. The Morgan fingerprint density at radius 1 is 1.17 bits per heavy atom. The van der Waals surface area contributed by atoms with E-state index in [2.05, 4.69) is 15.5 Å². The van der Waals surface area contributed by atoms with Crippen LogP contribution in [-0.2, 0) is 13.6 Å². The second-order valence-corrected chi connectivity index (χ2v) is 6.62. The molecule has 2 heterocycles. The Balaban J connectivity index is 1.57. The van der Waals surface area contributed by atoms with E-state index in [0.29, 0.717) is 22.6 Å². The van der Waals surface area contributed by atoms with E-state index >= 15 is 0 Å². The van der Waals surface area contributed by atoms with Crippen LogP contribution in [0, 0.1) is 6.92 Å². The number of aromatic hydroxyl groups is 1.